The van der Waals surface area contributed by atoms with Crippen molar-refractivity contribution in [2.24, 2.45) is 5.92 Å². The number of hydrogen-bond acceptors (Lipinski definition) is 7. The van der Waals surface area contributed by atoms with Gasteiger partial charge in [0.05, 0.1) is 11.1 Å². The maximum Gasteiger partial charge on any atom is 0.323 e. The molecular formula is C57H60N2O5. The first-order valence-corrected chi connectivity index (χ1v) is 22.7. The number of Topliss-reactive ketones (excluding diaryl/α,β-unsaturated/α-hetero) is 1. The second-order valence-corrected chi connectivity index (χ2v) is 19.2. The molecule has 0 radical (unpaired) electrons. The molecule has 2 N–H and O–H groups in total. The summed E-state index contributed by atoms with van der Waals surface area (Å²) in [6, 6.07) is 51.9. The monoisotopic (exact) mass is 852 g/mol. The average molecular weight is 853 g/mol. The van der Waals surface area contributed by atoms with E-state index in [1.54, 1.807) is 0 Å². The fraction of sp³-hybridized carbons (Fsp3) is 0.316. The molecule has 7 nitrogen and oxygen atoms in total. The van der Waals surface area contributed by atoms with Gasteiger partial charge in [0.25, 0.3) is 0 Å². The number of esters is 2. The van der Waals surface area contributed by atoms with Crippen molar-refractivity contribution in [2.45, 2.75) is 109 Å². The number of benzene rings is 6. The zero-order valence-electron chi connectivity index (χ0n) is 38.1. The highest BCUT2D eigenvalue weighted by atomic mass is 16.6. The fourth-order valence-corrected chi connectivity index (χ4v) is 9.98. The maximum atomic E-state index is 14.8. The van der Waals surface area contributed by atoms with E-state index in [1.807, 2.05) is 133 Å². The molecule has 8 rings (SSSR count). The van der Waals surface area contributed by atoms with Gasteiger partial charge in [0.1, 0.15) is 29.1 Å². The first-order valence-electron chi connectivity index (χ1n) is 22.7. The fourth-order valence-electron chi connectivity index (χ4n) is 9.98. The van der Waals surface area contributed by atoms with Crippen molar-refractivity contribution < 1.29 is 23.9 Å². The standard InChI is InChI=1S/C57H60N2O5/c1-8-38(37-50(53(62)64-55(5,6)7)59-57(40-25-13-10-14-26-40)47-33-21-17-29-43(47)44-30-18-22-34-48(44)57)51(60)36-35-49(52(61)63-54(2,3)4)58-56(39-23-11-9-12-24-39)45-31-19-15-27-41(45)42-28-16-20-32-46(42)56/h9-34,38,49-50,58-59H,8,35-37H2,1-7H3/t38-,49+,50+/m1/s1. The van der Waals surface area contributed by atoms with E-state index in [-0.39, 0.29) is 25.0 Å². The molecule has 2 aliphatic carbocycles. The summed E-state index contributed by atoms with van der Waals surface area (Å²) in [4.78, 5) is 43.9. The Morgan fingerprint density at radius 1 is 0.484 bits per heavy atom. The van der Waals surface area contributed by atoms with Gasteiger partial charge in [-0.3, -0.25) is 25.0 Å². The molecule has 0 aromatic heterocycles. The van der Waals surface area contributed by atoms with E-state index in [2.05, 4.69) is 83.4 Å². The summed E-state index contributed by atoms with van der Waals surface area (Å²) in [5.41, 5.74) is 7.06. The van der Waals surface area contributed by atoms with Crippen LogP contribution in [0.1, 0.15) is 108 Å². The van der Waals surface area contributed by atoms with E-state index in [0.717, 1.165) is 55.6 Å². The van der Waals surface area contributed by atoms with E-state index >= 15 is 0 Å². The maximum absolute atomic E-state index is 14.8. The highest BCUT2D eigenvalue weighted by molar-refractivity contribution is 5.87. The van der Waals surface area contributed by atoms with Crippen molar-refractivity contribution in [2.75, 3.05) is 0 Å². The molecule has 0 unspecified atom stereocenters. The Bertz CT molecular complexity index is 2550. The number of carbonyl (C=O) groups is 3. The van der Waals surface area contributed by atoms with E-state index in [0.29, 0.717) is 6.42 Å². The smallest absolute Gasteiger partial charge is 0.323 e. The van der Waals surface area contributed by atoms with Gasteiger partial charge in [-0.2, -0.15) is 0 Å². The first-order chi connectivity index (χ1) is 30.7. The van der Waals surface area contributed by atoms with Crippen LogP contribution in [0.4, 0.5) is 0 Å². The van der Waals surface area contributed by atoms with Crippen LogP contribution in [0.5, 0.6) is 0 Å². The van der Waals surface area contributed by atoms with Gasteiger partial charge in [-0.25, -0.2) is 0 Å². The summed E-state index contributed by atoms with van der Waals surface area (Å²) in [7, 11) is 0. The first kappa shape index (κ1) is 44.5. The minimum absolute atomic E-state index is 0.0322. The molecule has 0 saturated carbocycles. The highest BCUT2D eigenvalue weighted by Gasteiger charge is 2.49. The molecule has 0 heterocycles. The lowest BCUT2D eigenvalue weighted by Gasteiger charge is -2.39. The second kappa shape index (κ2) is 17.8. The zero-order valence-corrected chi connectivity index (χ0v) is 38.1. The normalized spacial score (nSPS) is 15.7. The summed E-state index contributed by atoms with van der Waals surface area (Å²) >= 11 is 0. The summed E-state index contributed by atoms with van der Waals surface area (Å²) in [5, 5.41) is 7.74. The second-order valence-electron chi connectivity index (χ2n) is 19.2. The van der Waals surface area contributed by atoms with E-state index in [1.165, 1.54) is 0 Å². The summed E-state index contributed by atoms with van der Waals surface area (Å²) in [6.07, 6.45) is 0.954. The van der Waals surface area contributed by atoms with Crippen molar-refractivity contribution in [1.29, 1.82) is 0 Å². The number of fused-ring (bicyclic) bond motifs is 6. The van der Waals surface area contributed by atoms with E-state index < -0.39 is 52.2 Å². The summed E-state index contributed by atoms with van der Waals surface area (Å²) < 4.78 is 12.3. The van der Waals surface area contributed by atoms with Crippen molar-refractivity contribution in [3.8, 4) is 22.3 Å². The van der Waals surface area contributed by atoms with Crippen LogP contribution in [0, 0.1) is 5.92 Å². The SMILES string of the molecule is CC[C@H](C[C@H](NC1(c2ccccc2)c2ccccc2-c2ccccc21)C(=O)OC(C)(C)C)C(=O)CC[C@H](NC1(c2ccccc2)c2ccccc2-c2ccccc21)C(=O)OC(C)(C)C. The Balaban J connectivity index is 1.14. The van der Waals surface area contributed by atoms with Crippen LogP contribution in [0.3, 0.4) is 0 Å². The number of nitrogens with one attached hydrogen (secondary N) is 2. The van der Waals surface area contributed by atoms with Crippen molar-refractivity contribution >= 4 is 17.7 Å². The number of hydrogen-bond donors (Lipinski definition) is 2. The third-order valence-corrected chi connectivity index (χ3v) is 12.6. The Kier molecular flexibility index (Phi) is 12.4. The van der Waals surface area contributed by atoms with Crippen LogP contribution in [0.2, 0.25) is 0 Å². The Morgan fingerprint density at radius 3 is 1.17 bits per heavy atom. The van der Waals surface area contributed by atoms with Gasteiger partial charge < -0.3 is 9.47 Å². The molecule has 3 atom stereocenters. The van der Waals surface area contributed by atoms with Gasteiger partial charge in [-0.05, 0) is 116 Å². The van der Waals surface area contributed by atoms with E-state index in [4.69, 9.17) is 9.47 Å². The van der Waals surface area contributed by atoms with Crippen LogP contribution >= 0.6 is 0 Å². The van der Waals surface area contributed by atoms with Gasteiger partial charge in [0, 0.05) is 12.3 Å². The highest BCUT2D eigenvalue weighted by Crippen LogP contribution is 2.53. The van der Waals surface area contributed by atoms with E-state index in [9.17, 15) is 14.4 Å². The molecule has 0 saturated heterocycles. The Hall–Kier alpha value is -6.15. The van der Waals surface area contributed by atoms with Gasteiger partial charge in [0.2, 0.25) is 0 Å². The average Bonchev–Trinajstić information content (AvgIpc) is 3.73. The van der Waals surface area contributed by atoms with Crippen LogP contribution in [0.25, 0.3) is 22.3 Å². The number of ketones is 1. The molecule has 328 valence electrons. The predicted molar refractivity (Wildman–Crippen MR) is 255 cm³/mol. The third kappa shape index (κ3) is 8.47. The minimum Gasteiger partial charge on any atom is -0.459 e. The summed E-state index contributed by atoms with van der Waals surface area (Å²) in [6.45, 7) is 13.2. The molecule has 6 aromatic carbocycles. The third-order valence-electron chi connectivity index (χ3n) is 12.6. The molecule has 0 spiro atoms. The number of ether oxygens (including phenoxy) is 2. The summed E-state index contributed by atoms with van der Waals surface area (Å²) in [5.74, 6) is -1.41. The van der Waals surface area contributed by atoms with Gasteiger partial charge in [-0.15, -0.1) is 0 Å². The van der Waals surface area contributed by atoms with Crippen LogP contribution in [-0.4, -0.2) is 41.0 Å². The molecule has 64 heavy (non-hydrogen) atoms. The molecule has 7 heteroatoms. The molecule has 2 aliphatic rings. The largest absolute Gasteiger partial charge is 0.459 e. The lowest BCUT2D eigenvalue weighted by Crippen LogP contribution is -2.54. The molecule has 0 fully saturated rings. The lowest BCUT2D eigenvalue weighted by atomic mass is 9.78. The van der Waals surface area contributed by atoms with Gasteiger partial charge in [-0.1, -0.05) is 165 Å². The molecule has 6 aromatic rings. The van der Waals surface area contributed by atoms with Crippen molar-refractivity contribution in [1.82, 2.24) is 10.6 Å². The van der Waals surface area contributed by atoms with Gasteiger partial charge in [0.15, 0.2) is 0 Å². The van der Waals surface area contributed by atoms with Crippen LogP contribution in [-0.2, 0) is 34.9 Å². The Morgan fingerprint density at radius 2 is 0.812 bits per heavy atom. The van der Waals surface area contributed by atoms with Crippen molar-refractivity contribution in [3.05, 3.63) is 191 Å². The molecular weight excluding hydrogens is 793 g/mol. The molecule has 0 aliphatic heterocycles. The van der Waals surface area contributed by atoms with Crippen LogP contribution < -0.4 is 10.6 Å². The Labute approximate surface area is 378 Å². The number of rotatable bonds is 15. The minimum atomic E-state index is -0.914. The van der Waals surface area contributed by atoms with Crippen molar-refractivity contribution in [3.63, 3.8) is 0 Å². The van der Waals surface area contributed by atoms with Crippen LogP contribution in [0.15, 0.2) is 158 Å². The zero-order chi connectivity index (χ0) is 45.3. The predicted octanol–water partition coefficient (Wildman–Crippen LogP) is 11.3. The lowest BCUT2D eigenvalue weighted by molar-refractivity contribution is -0.159. The topological polar surface area (TPSA) is 93.7 Å². The quantitative estimate of drug-likeness (QED) is 0.0994. The molecule has 0 amide bonds. The molecule has 0 bridgehead atoms. The number of carbonyl (C=O) groups excluding carboxylic acids is 3. The van der Waals surface area contributed by atoms with Gasteiger partial charge >= 0.3 is 11.9 Å².